The molecule has 0 bridgehead atoms. The van der Waals surface area contributed by atoms with E-state index >= 15 is 0 Å². The van der Waals surface area contributed by atoms with Crippen LogP contribution in [0, 0.1) is 20.8 Å². The Kier molecular flexibility index (Phi) is 7.17. The second kappa shape index (κ2) is 10.2. The summed E-state index contributed by atoms with van der Waals surface area (Å²) in [6.45, 7) is 5.69. The molecule has 3 aromatic carbocycles. The van der Waals surface area contributed by atoms with Gasteiger partial charge < -0.3 is 9.47 Å². The van der Waals surface area contributed by atoms with Crippen LogP contribution in [0.1, 0.15) is 32.6 Å². The molecule has 0 heterocycles. The van der Waals surface area contributed by atoms with Gasteiger partial charge in [-0.05, 0) is 73.9 Å². The quantitative estimate of drug-likeness (QED) is 0.269. The average Bonchev–Trinajstić information content (AvgIpc) is 2.75. The van der Waals surface area contributed by atoms with Gasteiger partial charge in [-0.15, -0.1) is 0 Å². The maximum atomic E-state index is 12.2. The predicted octanol–water partition coefficient (Wildman–Crippen LogP) is 4.36. The Morgan fingerprint density at radius 1 is 0.903 bits per heavy atom. The summed E-state index contributed by atoms with van der Waals surface area (Å²) in [5.74, 6) is 0.353. The Labute approximate surface area is 181 Å². The summed E-state index contributed by atoms with van der Waals surface area (Å²) in [5.41, 5.74) is 6.68. The summed E-state index contributed by atoms with van der Waals surface area (Å²) in [7, 11) is 0. The first kappa shape index (κ1) is 21.8. The van der Waals surface area contributed by atoms with Crippen molar-refractivity contribution in [1.82, 2.24) is 5.43 Å². The zero-order valence-electron chi connectivity index (χ0n) is 17.7. The highest BCUT2D eigenvalue weighted by atomic mass is 16.5. The van der Waals surface area contributed by atoms with E-state index in [9.17, 15) is 9.59 Å². The van der Waals surface area contributed by atoms with Crippen LogP contribution < -0.4 is 14.9 Å². The first-order chi connectivity index (χ1) is 14.9. The number of esters is 1. The molecule has 0 radical (unpaired) electrons. The highest BCUT2D eigenvalue weighted by Gasteiger charge is 2.08. The van der Waals surface area contributed by atoms with Crippen molar-refractivity contribution in [2.24, 2.45) is 5.10 Å². The molecule has 158 valence electrons. The van der Waals surface area contributed by atoms with Crippen LogP contribution in [0.15, 0.2) is 71.8 Å². The van der Waals surface area contributed by atoms with E-state index in [1.807, 2.05) is 51.1 Å². The monoisotopic (exact) mass is 416 g/mol. The van der Waals surface area contributed by atoms with Crippen LogP contribution in [0.2, 0.25) is 0 Å². The summed E-state index contributed by atoms with van der Waals surface area (Å²) < 4.78 is 11.0. The summed E-state index contributed by atoms with van der Waals surface area (Å²) >= 11 is 0. The number of nitrogens with one attached hydrogen (secondary N) is 1. The van der Waals surface area contributed by atoms with E-state index in [0.29, 0.717) is 17.1 Å². The molecule has 0 unspecified atom stereocenters. The fraction of sp³-hybridized carbons (Fsp3) is 0.160. The number of nitrogens with zero attached hydrogens (tertiary/aromatic N) is 1. The Morgan fingerprint density at radius 2 is 1.55 bits per heavy atom. The van der Waals surface area contributed by atoms with Gasteiger partial charge in [-0.3, -0.25) is 4.79 Å². The molecule has 6 nitrogen and oxygen atoms in total. The molecule has 0 atom stereocenters. The van der Waals surface area contributed by atoms with E-state index in [2.05, 4.69) is 10.5 Å². The molecule has 0 aliphatic rings. The number of benzene rings is 3. The number of amides is 1. The Hall–Kier alpha value is -3.93. The molecule has 0 aliphatic carbocycles. The molecule has 0 saturated heterocycles. The molecule has 6 heteroatoms. The zero-order chi connectivity index (χ0) is 22.2. The van der Waals surface area contributed by atoms with Crippen LogP contribution in [0.3, 0.4) is 0 Å². The van der Waals surface area contributed by atoms with Crippen molar-refractivity contribution in [2.75, 3.05) is 6.61 Å². The van der Waals surface area contributed by atoms with E-state index < -0.39 is 5.97 Å². The second-order valence-corrected chi connectivity index (χ2v) is 7.13. The number of aryl methyl sites for hydroxylation is 3. The van der Waals surface area contributed by atoms with Gasteiger partial charge in [-0.25, -0.2) is 10.2 Å². The van der Waals surface area contributed by atoms with E-state index in [1.165, 1.54) is 6.21 Å². The number of hydrazone groups is 1. The van der Waals surface area contributed by atoms with Crippen LogP contribution in [-0.4, -0.2) is 24.7 Å². The van der Waals surface area contributed by atoms with Crippen LogP contribution in [-0.2, 0) is 4.79 Å². The SMILES string of the molecule is Cc1ccc(C(=O)Oc2ccc(/C=N/NC(=O)COc3c(C)cccc3C)cc2)cc1. The van der Waals surface area contributed by atoms with E-state index in [1.54, 1.807) is 36.4 Å². The fourth-order valence-electron chi connectivity index (χ4n) is 2.85. The normalized spacial score (nSPS) is 10.7. The molecular formula is C25H24N2O4. The molecule has 0 aliphatic heterocycles. The lowest BCUT2D eigenvalue weighted by molar-refractivity contribution is -0.123. The van der Waals surface area contributed by atoms with E-state index in [4.69, 9.17) is 9.47 Å². The molecule has 1 N–H and O–H groups in total. The molecule has 31 heavy (non-hydrogen) atoms. The van der Waals surface area contributed by atoms with Crippen molar-refractivity contribution in [3.05, 3.63) is 94.5 Å². The lowest BCUT2D eigenvalue weighted by Gasteiger charge is -2.10. The fourth-order valence-corrected chi connectivity index (χ4v) is 2.85. The Balaban J connectivity index is 1.48. The Bertz CT molecular complexity index is 1070. The van der Waals surface area contributed by atoms with Gasteiger partial charge in [0, 0.05) is 0 Å². The third-order valence-corrected chi connectivity index (χ3v) is 4.54. The smallest absolute Gasteiger partial charge is 0.343 e. The molecule has 1 amide bonds. The maximum Gasteiger partial charge on any atom is 0.343 e. The van der Waals surface area contributed by atoms with Gasteiger partial charge in [0.2, 0.25) is 0 Å². The van der Waals surface area contributed by atoms with Crippen molar-refractivity contribution in [1.29, 1.82) is 0 Å². The molecule has 0 aromatic heterocycles. The number of rotatable bonds is 7. The zero-order valence-corrected chi connectivity index (χ0v) is 17.7. The van der Waals surface area contributed by atoms with Gasteiger partial charge >= 0.3 is 5.97 Å². The molecule has 3 aromatic rings. The number of hydrogen-bond donors (Lipinski definition) is 1. The van der Waals surface area contributed by atoms with E-state index in [-0.39, 0.29) is 12.5 Å². The minimum absolute atomic E-state index is 0.128. The van der Waals surface area contributed by atoms with Crippen molar-refractivity contribution in [2.45, 2.75) is 20.8 Å². The van der Waals surface area contributed by atoms with Crippen molar-refractivity contribution >= 4 is 18.1 Å². The largest absolute Gasteiger partial charge is 0.483 e. The molecule has 0 spiro atoms. The lowest BCUT2D eigenvalue weighted by Crippen LogP contribution is -2.25. The number of hydrogen-bond acceptors (Lipinski definition) is 5. The number of carbonyl (C=O) groups excluding carboxylic acids is 2. The molecule has 0 saturated carbocycles. The van der Waals surface area contributed by atoms with Crippen molar-refractivity contribution in [3.8, 4) is 11.5 Å². The van der Waals surface area contributed by atoms with E-state index in [0.717, 1.165) is 22.3 Å². The second-order valence-electron chi connectivity index (χ2n) is 7.13. The maximum absolute atomic E-state index is 12.2. The van der Waals surface area contributed by atoms with Crippen LogP contribution >= 0.6 is 0 Å². The minimum Gasteiger partial charge on any atom is -0.483 e. The Morgan fingerprint density at radius 3 is 2.19 bits per heavy atom. The third-order valence-electron chi connectivity index (χ3n) is 4.54. The van der Waals surface area contributed by atoms with Gasteiger partial charge in [0.05, 0.1) is 11.8 Å². The molecule has 0 fully saturated rings. The summed E-state index contributed by atoms with van der Waals surface area (Å²) in [6.07, 6.45) is 1.50. The van der Waals surface area contributed by atoms with Crippen molar-refractivity contribution in [3.63, 3.8) is 0 Å². The summed E-state index contributed by atoms with van der Waals surface area (Å²) in [5, 5.41) is 3.93. The van der Waals surface area contributed by atoms with Crippen LogP contribution in [0.25, 0.3) is 0 Å². The molecule has 3 rings (SSSR count). The van der Waals surface area contributed by atoms with Gasteiger partial charge in [0.1, 0.15) is 11.5 Å². The number of ether oxygens (including phenoxy) is 2. The standard InChI is InChI=1S/C25H24N2O4/c1-17-7-11-21(12-8-17)25(29)31-22-13-9-20(10-14-22)15-26-27-23(28)16-30-24-18(2)5-4-6-19(24)3/h4-15H,16H2,1-3H3,(H,27,28)/b26-15+. The van der Waals surface area contributed by atoms with Gasteiger partial charge in [-0.2, -0.15) is 5.10 Å². The van der Waals surface area contributed by atoms with Gasteiger partial charge in [-0.1, -0.05) is 35.9 Å². The number of para-hydroxylation sites is 1. The number of carbonyl (C=O) groups is 2. The summed E-state index contributed by atoms with van der Waals surface area (Å²) in [4.78, 5) is 24.1. The summed E-state index contributed by atoms with van der Waals surface area (Å²) in [6, 6.07) is 19.8. The highest BCUT2D eigenvalue weighted by Crippen LogP contribution is 2.22. The minimum atomic E-state index is -0.419. The highest BCUT2D eigenvalue weighted by molar-refractivity contribution is 5.91. The average molecular weight is 416 g/mol. The molecular weight excluding hydrogens is 392 g/mol. The van der Waals surface area contributed by atoms with Gasteiger partial charge in [0.15, 0.2) is 6.61 Å². The van der Waals surface area contributed by atoms with Crippen LogP contribution in [0.5, 0.6) is 11.5 Å². The van der Waals surface area contributed by atoms with Gasteiger partial charge in [0.25, 0.3) is 5.91 Å². The van der Waals surface area contributed by atoms with Crippen molar-refractivity contribution < 1.29 is 19.1 Å². The van der Waals surface area contributed by atoms with Crippen LogP contribution in [0.4, 0.5) is 0 Å². The predicted molar refractivity (Wildman–Crippen MR) is 120 cm³/mol. The first-order valence-electron chi connectivity index (χ1n) is 9.82. The lowest BCUT2D eigenvalue weighted by atomic mass is 10.1. The first-order valence-corrected chi connectivity index (χ1v) is 9.82. The topological polar surface area (TPSA) is 77.0 Å². The third kappa shape index (κ3) is 6.27.